The molecular weight excluding hydrogens is 1210 g/mol. The van der Waals surface area contributed by atoms with E-state index in [4.69, 9.17) is 42.6 Å². The van der Waals surface area contributed by atoms with Gasteiger partial charge in [0.25, 0.3) is 11.8 Å². The number of nitrogens with one attached hydrogen (secondary N) is 5. The molecule has 3 aliphatic rings. The number of carbonyl (C=O) groups excluding carboxylic acids is 5. The van der Waals surface area contributed by atoms with E-state index < -0.39 is 108 Å². The zero-order chi connectivity index (χ0) is 66.2. The van der Waals surface area contributed by atoms with Crippen molar-refractivity contribution < 1.29 is 66.6 Å². The normalized spacial score (nSPS) is 24.3. The fourth-order valence-electron chi connectivity index (χ4n) is 11.8. The van der Waals surface area contributed by atoms with E-state index in [9.17, 15) is 4.79 Å². The maximum atomic E-state index is 15.8. The van der Waals surface area contributed by atoms with Gasteiger partial charge in [-0.1, -0.05) is 212 Å². The van der Waals surface area contributed by atoms with E-state index in [-0.39, 0.29) is 72.1 Å². The third-order valence-corrected chi connectivity index (χ3v) is 16.6. The first-order valence-electron chi connectivity index (χ1n) is 32.7. The van der Waals surface area contributed by atoms with Crippen LogP contribution in [0.3, 0.4) is 0 Å². The van der Waals surface area contributed by atoms with Crippen molar-refractivity contribution >= 4 is 29.7 Å². The summed E-state index contributed by atoms with van der Waals surface area (Å²) in [4.78, 5) is 75.1. The van der Waals surface area contributed by atoms with Crippen LogP contribution in [0.4, 0.5) is 4.79 Å². The maximum absolute atomic E-state index is 15.8. The highest BCUT2D eigenvalue weighted by Crippen LogP contribution is 2.34. The van der Waals surface area contributed by atoms with Gasteiger partial charge in [0.2, 0.25) is 11.8 Å². The van der Waals surface area contributed by atoms with Crippen molar-refractivity contribution in [2.75, 3.05) is 19.6 Å². The highest BCUT2D eigenvalue weighted by atomic mass is 16.6. The van der Waals surface area contributed by atoms with Crippen LogP contribution < -0.4 is 26.6 Å². The van der Waals surface area contributed by atoms with Crippen LogP contribution in [0.5, 0.6) is 0 Å². The lowest BCUT2D eigenvalue weighted by molar-refractivity contribution is -0.260. The zero-order valence-electron chi connectivity index (χ0n) is 54.0. The predicted molar refractivity (Wildman–Crippen MR) is 356 cm³/mol. The van der Waals surface area contributed by atoms with Crippen LogP contribution in [0.25, 0.3) is 0 Å². The summed E-state index contributed by atoms with van der Waals surface area (Å²) in [7, 11) is 0. The first-order chi connectivity index (χ1) is 46.3. The minimum Gasteiger partial charge on any atom is -0.444 e. The molecule has 0 spiro atoms. The van der Waals surface area contributed by atoms with Crippen LogP contribution in [0.1, 0.15) is 79.0 Å². The molecule has 0 unspecified atom stereocenters. The lowest BCUT2D eigenvalue weighted by Crippen LogP contribution is -2.68. The number of alkyl carbamates (subject to hydrolysis) is 1. The van der Waals surface area contributed by atoms with Gasteiger partial charge in [-0.05, 0) is 79.0 Å². The van der Waals surface area contributed by atoms with E-state index >= 15 is 19.2 Å². The highest BCUT2D eigenvalue weighted by molar-refractivity contribution is 5.91. The van der Waals surface area contributed by atoms with Crippen LogP contribution in [0.15, 0.2) is 212 Å². The summed E-state index contributed by atoms with van der Waals surface area (Å²) < 4.78 is 61.1. The second-order valence-corrected chi connectivity index (χ2v) is 25.0. The summed E-state index contributed by atoms with van der Waals surface area (Å²) in [5.41, 5.74) is 4.95. The molecule has 3 heterocycles. The number of rotatable bonds is 25. The van der Waals surface area contributed by atoms with Crippen molar-refractivity contribution in [3.05, 3.63) is 251 Å². The van der Waals surface area contributed by atoms with Crippen molar-refractivity contribution in [1.29, 1.82) is 0 Å². The summed E-state index contributed by atoms with van der Waals surface area (Å²) in [6.45, 7) is 5.36. The average Bonchev–Trinajstić information content (AvgIpc) is 0.789. The lowest BCUT2D eigenvalue weighted by atomic mass is 9.92. The standard InChI is InChI=1S/C76H87N5O14/c1-76(2,3)95-75(86)77-42-26-25-41-59-71(82)78-44-61-63(87-46-53-29-13-5-14-30-53)66(90-49-56-35-19-8-20-36-56)68(92-51-58-39-23-10-24-40-58)70(94-61)74(85)81-60(43-52-27-11-4-12-28-52)72(83)79-45-62-64(88-47-54-31-15-6-16-32-54)65(89-48-55-33-17-7-18-34-55)67(69(93-62)73(84)80-59)91-50-57-37-21-9-22-38-57/h4-24,27-40,59-70H,25-26,41-51H2,1-3H3,(H,77,86)(H,78,82)(H,79,83)(H,80,84)(H,81,85)/t59-,60+,61-,62-,63-,64-,65+,66+,67-,68-,69-,70-/m0/s1. The van der Waals surface area contributed by atoms with Crippen LogP contribution >= 0.6 is 0 Å². The Kier molecular flexibility index (Phi) is 25.7. The Bertz CT molecular complexity index is 3470. The van der Waals surface area contributed by atoms with Gasteiger partial charge in [-0.3, -0.25) is 19.2 Å². The van der Waals surface area contributed by atoms with Gasteiger partial charge in [-0.2, -0.15) is 0 Å². The van der Waals surface area contributed by atoms with Gasteiger partial charge in [-0.15, -0.1) is 0 Å². The summed E-state index contributed by atoms with van der Waals surface area (Å²) >= 11 is 0. The second kappa shape index (κ2) is 35.2. The van der Waals surface area contributed by atoms with E-state index in [0.29, 0.717) is 12.8 Å². The minimum absolute atomic E-state index is 0.0240. The smallest absolute Gasteiger partial charge is 0.407 e. The van der Waals surface area contributed by atoms with Gasteiger partial charge >= 0.3 is 6.09 Å². The average molecular weight is 1290 g/mol. The van der Waals surface area contributed by atoms with Crippen molar-refractivity contribution in [2.24, 2.45) is 0 Å². The van der Waals surface area contributed by atoms with Gasteiger partial charge in [0.1, 0.15) is 66.5 Å². The van der Waals surface area contributed by atoms with Gasteiger partial charge in [0, 0.05) is 26.1 Å². The van der Waals surface area contributed by atoms with Gasteiger partial charge < -0.3 is 69.2 Å². The molecule has 0 aromatic heterocycles. The molecule has 19 heteroatoms. The second-order valence-electron chi connectivity index (χ2n) is 25.0. The molecule has 0 radical (unpaired) electrons. The molecular formula is C76H87N5O14. The fourth-order valence-corrected chi connectivity index (χ4v) is 11.8. The first kappa shape index (κ1) is 69.2. The van der Waals surface area contributed by atoms with E-state index in [0.717, 1.165) is 38.9 Å². The SMILES string of the molecule is CC(C)(C)OC(=O)NCCCC[C@@H]1NC(=O)[C@H]2O[C@@H](CNC(=O)[C@@H](Cc3ccccc3)NC(=O)[C@H]3O[C@@H](CNC1=O)[C@H](OCc1ccccc1)[C@@H](OCc1ccccc1)[C@@H]3OCc1ccccc1)[C@H](OCc1ccccc1)[C@@H](OCc1ccccc1)[C@@H]2OCc1ccccc1. The number of amides is 5. The zero-order valence-corrected chi connectivity index (χ0v) is 54.0. The van der Waals surface area contributed by atoms with Crippen LogP contribution in [-0.2, 0) is 108 Å². The summed E-state index contributed by atoms with van der Waals surface area (Å²) in [5, 5.41) is 15.2. The van der Waals surface area contributed by atoms with Crippen molar-refractivity contribution in [2.45, 2.75) is 165 Å². The molecule has 7 aromatic rings. The fraction of sp³-hybridized carbons (Fsp3) is 0.382. The number of fused-ring (bicyclic) bond motifs is 4. The first-order valence-corrected chi connectivity index (χ1v) is 32.7. The number of unbranched alkanes of at least 4 members (excludes halogenated alkanes) is 1. The molecule has 0 saturated carbocycles. The van der Waals surface area contributed by atoms with E-state index in [1.54, 1.807) is 20.8 Å². The number of carbonyl (C=O) groups is 5. The molecule has 10 rings (SSSR count). The van der Waals surface area contributed by atoms with Crippen LogP contribution in [0, 0.1) is 0 Å². The molecule has 500 valence electrons. The van der Waals surface area contributed by atoms with Gasteiger partial charge in [0.05, 0.1) is 39.6 Å². The molecule has 7 aromatic carbocycles. The Morgan fingerprint density at radius 1 is 0.400 bits per heavy atom. The molecule has 3 fully saturated rings. The number of hydrogen-bond donors (Lipinski definition) is 5. The summed E-state index contributed by atoms with van der Waals surface area (Å²) in [6.07, 6.45) is -11.5. The van der Waals surface area contributed by atoms with E-state index in [1.165, 1.54) is 0 Å². The van der Waals surface area contributed by atoms with Crippen LogP contribution in [0.2, 0.25) is 0 Å². The minimum atomic E-state index is -1.49. The van der Waals surface area contributed by atoms with Gasteiger partial charge in [0.15, 0.2) is 12.2 Å². The Balaban J connectivity index is 1.06. The molecule has 12 atom stereocenters. The van der Waals surface area contributed by atoms with E-state index in [1.807, 2.05) is 212 Å². The number of ether oxygens (including phenoxy) is 9. The molecule has 5 amide bonds. The Morgan fingerprint density at radius 2 is 0.705 bits per heavy atom. The number of benzene rings is 7. The molecule has 4 bridgehead atoms. The van der Waals surface area contributed by atoms with Crippen LogP contribution in [-0.4, -0.2) is 128 Å². The molecule has 0 aliphatic carbocycles. The highest BCUT2D eigenvalue weighted by Gasteiger charge is 2.54. The Hall–Kier alpha value is -8.63. The summed E-state index contributed by atoms with van der Waals surface area (Å²) in [5.74, 6) is -2.58. The van der Waals surface area contributed by atoms with Crippen molar-refractivity contribution in [3.8, 4) is 0 Å². The monoisotopic (exact) mass is 1290 g/mol. The third-order valence-electron chi connectivity index (χ3n) is 16.6. The number of hydrogen-bond acceptors (Lipinski definition) is 14. The molecule has 95 heavy (non-hydrogen) atoms. The summed E-state index contributed by atoms with van der Waals surface area (Å²) in [6, 6.07) is 64.1. The molecule has 5 N–H and O–H groups in total. The van der Waals surface area contributed by atoms with E-state index in [2.05, 4.69) is 26.6 Å². The Labute approximate surface area is 556 Å². The Morgan fingerprint density at radius 3 is 1.05 bits per heavy atom. The third kappa shape index (κ3) is 20.9. The largest absolute Gasteiger partial charge is 0.444 e. The molecule has 3 aliphatic heterocycles. The van der Waals surface area contributed by atoms with Crippen molar-refractivity contribution in [1.82, 2.24) is 26.6 Å². The lowest BCUT2D eigenvalue weighted by Gasteiger charge is -2.46. The van der Waals surface area contributed by atoms with Gasteiger partial charge in [-0.25, -0.2) is 4.79 Å². The molecule has 19 nitrogen and oxygen atoms in total. The quantitative estimate of drug-likeness (QED) is 0.0336. The predicted octanol–water partition coefficient (Wildman–Crippen LogP) is 9.19. The maximum Gasteiger partial charge on any atom is 0.407 e. The topological polar surface area (TPSA) is 229 Å². The van der Waals surface area contributed by atoms with Crippen molar-refractivity contribution in [3.63, 3.8) is 0 Å². The molecule has 3 saturated heterocycles.